The molecule has 2 amide bonds. The van der Waals surface area contributed by atoms with Gasteiger partial charge in [0.25, 0.3) is 0 Å². The van der Waals surface area contributed by atoms with E-state index in [1.54, 1.807) is 36.4 Å². The van der Waals surface area contributed by atoms with Crippen LogP contribution in [0.1, 0.15) is 31.4 Å². The third-order valence-electron chi connectivity index (χ3n) is 6.33. The fourth-order valence-electron chi connectivity index (χ4n) is 4.00. The second-order valence-electron chi connectivity index (χ2n) is 9.42. The van der Waals surface area contributed by atoms with Gasteiger partial charge in [0.1, 0.15) is 18.4 Å². The smallest absolute Gasteiger partial charge is 0.244 e. The highest BCUT2D eigenvalue weighted by Gasteiger charge is 2.33. The van der Waals surface area contributed by atoms with Crippen LogP contribution in [0.15, 0.2) is 78.9 Å². The number of halogens is 2. The van der Waals surface area contributed by atoms with E-state index in [1.807, 2.05) is 44.2 Å². The van der Waals surface area contributed by atoms with E-state index in [0.717, 1.165) is 19.7 Å². The van der Waals surface area contributed by atoms with E-state index < -0.39 is 34.3 Å². The summed E-state index contributed by atoms with van der Waals surface area (Å²) in [4.78, 5) is 29.0. The highest BCUT2D eigenvalue weighted by atomic mass is 127. The Morgan fingerprint density at radius 2 is 1.56 bits per heavy atom. The molecule has 0 heterocycles. The molecule has 0 saturated carbocycles. The van der Waals surface area contributed by atoms with Crippen molar-refractivity contribution in [3.05, 3.63) is 99.4 Å². The Labute approximate surface area is 243 Å². The molecule has 2 atom stereocenters. The number of hydrogen-bond donors (Lipinski definition) is 1. The van der Waals surface area contributed by atoms with Crippen molar-refractivity contribution >= 4 is 50.1 Å². The highest BCUT2D eigenvalue weighted by Crippen LogP contribution is 2.21. The Morgan fingerprint density at radius 1 is 0.949 bits per heavy atom. The van der Waals surface area contributed by atoms with E-state index in [-0.39, 0.29) is 24.9 Å². The molecule has 0 radical (unpaired) electrons. The molecule has 3 rings (SSSR count). The predicted molar refractivity (Wildman–Crippen MR) is 160 cm³/mol. The van der Waals surface area contributed by atoms with Gasteiger partial charge in [-0.15, -0.1) is 0 Å². The van der Waals surface area contributed by atoms with Gasteiger partial charge in [-0.25, -0.2) is 12.8 Å². The summed E-state index contributed by atoms with van der Waals surface area (Å²) in [6, 6.07) is 20.7. The minimum atomic E-state index is -3.83. The maximum absolute atomic E-state index is 14.0. The van der Waals surface area contributed by atoms with Crippen molar-refractivity contribution in [3.63, 3.8) is 0 Å². The van der Waals surface area contributed by atoms with Gasteiger partial charge in [-0.2, -0.15) is 0 Å². The summed E-state index contributed by atoms with van der Waals surface area (Å²) >= 11 is 2.12. The normalized spacial score (nSPS) is 12.8. The minimum absolute atomic E-state index is 0.00513. The van der Waals surface area contributed by atoms with Gasteiger partial charge in [0, 0.05) is 22.6 Å². The number of nitrogens with one attached hydrogen (secondary N) is 1. The molecule has 0 aliphatic carbocycles. The van der Waals surface area contributed by atoms with E-state index in [4.69, 9.17) is 0 Å². The third-order valence-corrected chi connectivity index (χ3v) is 8.19. The summed E-state index contributed by atoms with van der Waals surface area (Å²) in [6.07, 6.45) is 1.96. The largest absolute Gasteiger partial charge is 0.352 e. The monoisotopic (exact) mass is 665 g/mol. The number of nitrogens with zero attached hydrogens (tertiary/aromatic N) is 2. The standard InChI is InChI=1S/C29H33FIN3O4S/c1-4-21(2)32-29(36)27(18-22-8-6-5-7-9-22)33(19-23-10-12-24(30)13-11-23)28(35)20-34(39(3,37)38)26-16-14-25(31)15-17-26/h5-17,21,27H,4,18-20H2,1-3H3,(H,32,36)/t21-,27-/m1/s1. The summed E-state index contributed by atoms with van der Waals surface area (Å²) in [6.45, 7) is 3.33. The van der Waals surface area contributed by atoms with Crippen LogP contribution in [0.5, 0.6) is 0 Å². The molecule has 3 aromatic rings. The number of carbonyl (C=O) groups excluding carboxylic acids is 2. The lowest BCUT2D eigenvalue weighted by Gasteiger charge is -2.34. The molecular weight excluding hydrogens is 632 g/mol. The number of sulfonamides is 1. The first kappa shape index (κ1) is 30.6. The average molecular weight is 666 g/mol. The lowest BCUT2D eigenvalue weighted by Crippen LogP contribution is -2.54. The quantitative estimate of drug-likeness (QED) is 0.283. The van der Waals surface area contributed by atoms with Gasteiger partial charge in [-0.05, 0) is 83.5 Å². The zero-order chi connectivity index (χ0) is 28.6. The Bertz CT molecular complexity index is 1350. The second kappa shape index (κ2) is 13.9. The van der Waals surface area contributed by atoms with E-state index in [9.17, 15) is 22.4 Å². The maximum Gasteiger partial charge on any atom is 0.244 e. The summed E-state index contributed by atoms with van der Waals surface area (Å²) in [5, 5.41) is 2.98. The van der Waals surface area contributed by atoms with Gasteiger partial charge in [0.15, 0.2) is 0 Å². The minimum Gasteiger partial charge on any atom is -0.352 e. The lowest BCUT2D eigenvalue weighted by molar-refractivity contribution is -0.140. The maximum atomic E-state index is 14.0. The van der Waals surface area contributed by atoms with Crippen molar-refractivity contribution in [2.75, 3.05) is 17.1 Å². The van der Waals surface area contributed by atoms with Crippen LogP contribution >= 0.6 is 22.6 Å². The third kappa shape index (κ3) is 9.03. The van der Waals surface area contributed by atoms with Gasteiger partial charge in [-0.3, -0.25) is 13.9 Å². The van der Waals surface area contributed by atoms with Crippen LogP contribution in [0.25, 0.3) is 0 Å². The molecular formula is C29H33FIN3O4S. The Kier molecular flexibility index (Phi) is 10.9. The van der Waals surface area contributed by atoms with Crippen LogP contribution in [0.2, 0.25) is 0 Å². The zero-order valence-corrected chi connectivity index (χ0v) is 25.2. The van der Waals surface area contributed by atoms with Crippen LogP contribution in [-0.4, -0.2) is 50.0 Å². The van der Waals surface area contributed by atoms with Gasteiger partial charge in [0.05, 0.1) is 11.9 Å². The summed E-state index contributed by atoms with van der Waals surface area (Å²) in [5.74, 6) is -1.32. The number of carbonyl (C=O) groups is 2. The molecule has 0 aliphatic rings. The van der Waals surface area contributed by atoms with Gasteiger partial charge < -0.3 is 10.2 Å². The van der Waals surface area contributed by atoms with Gasteiger partial charge in [-0.1, -0.05) is 49.4 Å². The number of rotatable bonds is 12. The van der Waals surface area contributed by atoms with Crippen LogP contribution in [0, 0.1) is 9.39 Å². The summed E-state index contributed by atoms with van der Waals surface area (Å²) in [5.41, 5.74) is 1.80. The highest BCUT2D eigenvalue weighted by molar-refractivity contribution is 14.1. The van der Waals surface area contributed by atoms with Crippen molar-refractivity contribution in [3.8, 4) is 0 Å². The Hall–Kier alpha value is -2.99. The second-order valence-corrected chi connectivity index (χ2v) is 12.6. The molecule has 3 aromatic carbocycles. The predicted octanol–water partition coefficient (Wildman–Crippen LogP) is 4.75. The van der Waals surface area contributed by atoms with Crippen molar-refractivity contribution in [2.45, 2.75) is 45.3 Å². The van der Waals surface area contributed by atoms with E-state index in [2.05, 4.69) is 27.9 Å². The van der Waals surface area contributed by atoms with Crippen molar-refractivity contribution in [1.29, 1.82) is 0 Å². The zero-order valence-electron chi connectivity index (χ0n) is 22.2. The average Bonchev–Trinajstić information content (AvgIpc) is 2.90. The van der Waals surface area contributed by atoms with Crippen molar-refractivity contribution in [1.82, 2.24) is 10.2 Å². The fourth-order valence-corrected chi connectivity index (χ4v) is 5.21. The van der Waals surface area contributed by atoms with Crippen molar-refractivity contribution in [2.24, 2.45) is 0 Å². The first-order chi connectivity index (χ1) is 18.5. The molecule has 0 aromatic heterocycles. The molecule has 0 saturated heterocycles. The van der Waals surface area contributed by atoms with E-state index >= 15 is 0 Å². The number of amides is 2. The fraction of sp³-hybridized carbons (Fsp3) is 0.310. The first-order valence-corrected chi connectivity index (χ1v) is 15.5. The Morgan fingerprint density at radius 3 is 2.13 bits per heavy atom. The van der Waals surface area contributed by atoms with Crippen LogP contribution in [0.4, 0.5) is 10.1 Å². The molecule has 10 heteroatoms. The summed E-state index contributed by atoms with van der Waals surface area (Å²) in [7, 11) is -3.83. The molecule has 0 bridgehead atoms. The van der Waals surface area contributed by atoms with E-state index in [0.29, 0.717) is 17.7 Å². The number of benzene rings is 3. The lowest BCUT2D eigenvalue weighted by atomic mass is 10.0. The molecule has 0 aliphatic heterocycles. The molecule has 0 spiro atoms. The van der Waals surface area contributed by atoms with Crippen LogP contribution in [0.3, 0.4) is 0 Å². The van der Waals surface area contributed by atoms with Gasteiger partial charge in [0.2, 0.25) is 21.8 Å². The van der Waals surface area contributed by atoms with E-state index in [1.165, 1.54) is 17.0 Å². The van der Waals surface area contributed by atoms with Crippen molar-refractivity contribution < 1.29 is 22.4 Å². The van der Waals surface area contributed by atoms with Crippen LogP contribution in [-0.2, 0) is 32.6 Å². The van der Waals surface area contributed by atoms with Crippen LogP contribution < -0.4 is 9.62 Å². The van der Waals surface area contributed by atoms with Gasteiger partial charge >= 0.3 is 0 Å². The summed E-state index contributed by atoms with van der Waals surface area (Å²) < 4.78 is 41.2. The molecule has 1 N–H and O–H groups in total. The molecule has 208 valence electrons. The molecule has 0 unspecified atom stereocenters. The Balaban J connectivity index is 2.04. The molecule has 7 nitrogen and oxygen atoms in total. The SMILES string of the molecule is CC[C@@H](C)NC(=O)[C@@H](Cc1ccccc1)N(Cc1ccc(F)cc1)C(=O)CN(c1ccc(I)cc1)S(C)(=O)=O. The topological polar surface area (TPSA) is 86.8 Å². The number of anilines is 1. The molecule has 0 fully saturated rings. The molecule has 39 heavy (non-hydrogen) atoms. The number of hydrogen-bond acceptors (Lipinski definition) is 4. The first-order valence-electron chi connectivity index (χ1n) is 12.6.